The van der Waals surface area contributed by atoms with Crippen LogP contribution in [0.15, 0.2) is 47.4 Å². The molecule has 0 atom stereocenters. The van der Waals surface area contributed by atoms with Crippen LogP contribution in [-0.2, 0) is 6.42 Å². The van der Waals surface area contributed by atoms with Gasteiger partial charge in [-0.1, -0.05) is 30.3 Å². The van der Waals surface area contributed by atoms with Crippen molar-refractivity contribution in [3.63, 3.8) is 0 Å². The van der Waals surface area contributed by atoms with Gasteiger partial charge in [0.1, 0.15) is 5.75 Å². The predicted molar refractivity (Wildman–Crippen MR) is 81.9 cm³/mol. The summed E-state index contributed by atoms with van der Waals surface area (Å²) < 4.78 is 5.60. The van der Waals surface area contributed by atoms with E-state index in [9.17, 15) is 4.79 Å². The van der Waals surface area contributed by atoms with E-state index < -0.39 is 0 Å². The highest BCUT2D eigenvalue weighted by atomic mass is 32.2. The van der Waals surface area contributed by atoms with Crippen molar-refractivity contribution in [2.45, 2.75) is 18.2 Å². The van der Waals surface area contributed by atoms with Gasteiger partial charge in [0.2, 0.25) is 0 Å². The topological polar surface area (TPSA) is 26.3 Å². The van der Waals surface area contributed by atoms with Crippen LogP contribution in [0.5, 0.6) is 5.75 Å². The molecule has 1 aliphatic heterocycles. The third-order valence-electron chi connectivity index (χ3n) is 3.47. The van der Waals surface area contributed by atoms with E-state index in [0.29, 0.717) is 12.4 Å². The largest absolute Gasteiger partial charge is 0.492 e. The Labute approximate surface area is 123 Å². The van der Waals surface area contributed by atoms with Crippen molar-refractivity contribution < 1.29 is 9.53 Å². The summed E-state index contributed by atoms with van der Waals surface area (Å²) in [5.41, 5.74) is 3.08. The van der Waals surface area contributed by atoms with Crippen LogP contribution in [0.4, 0.5) is 0 Å². The number of hydrogen-bond donors (Lipinski definition) is 0. The van der Waals surface area contributed by atoms with Gasteiger partial charge in [0.15, 0.2) is 5.78 Å². The highest BCUT2D eigenvalue weighted by Gasteiger charge is 2.20. The second-order valence-corrected chi connectivity index (χ2v) is 5.89. The first-order valence-corrected chi connectivity index (χ1v) is 7.70. The minimum atomic E-state index is 0.136. The molecule has 0 amide bonds. The van der Waals surface area contributed by atoms with Crippen molar-refractivity contribution in [1.29, 1.82) is 0 Å². The van der Waals surface area contributed by atoms with E-state index in [0.717, 1.165) is 28.2 Å². The Hall–Kier alpha value is -1.74. The van der Waals surface area contributed by atoms with E-state index in [4.69, 9.17) is 4.74 Å². The molecule has 0 aliphatic carbocycles. The van der Waals surface area contributed by atoms with Crippen molar-refractivity contribution in [2.24, 2.45) is 0 Å². The lowest BCUT2D eigenvalue weighted by Gasteiger charge is -2.08. The highest BCUT2D eigenvalue weighted by Crippen LogP contribution is 2.31. The molecule has 2 nitrogen and oxygen atoms in total. The van der Waals surface area contributed by atoms with Gasteiger partial charge in [0, 0.05) is 11.3 Å². The van der Waals surface area contributed by atoms with Gasteiger partial charge in [-0.3, -0.25) is 4.79 Å². The molecule has 102 valence electrons. The van der Waals surface area contributed by atoms with Crippen LogP contribution < -0.4 is 4.74 Å². The molecular formula is C17H16O2S. The Balaban J connectivity index is 1.75. The average molecular weight is 284 g/mol. The molecule has 3 rings (SSSR count). The number of rotatable bonds is 4. The number of para-hydroxylation sites is 1. The van der Waals surface area contributed by atoms with Gasteiger partial charge >= 0.3 is 0 Å². The van der Waals surface area contributed by atoms with Crippen molar-refractivity contribution in [3.8, 4) is 5.75 Å². The summed E-state index contributed by atoms with van der Waals surface area (Å²) in [5.74, 6) is 1.38. The maximum Gasteiger partial charge on any atom is 0.176 e. The minimum absolute atomic E-state index is 0.136. The van der Waals surface area contributed by atoms with Crippen LogP contribution in [-0.4, -0.2) is 18.1 Å². The molecule has 0 saturated heterocycles. The standard InChI is InChI=1S/C17H16O2S/c1-12-5-2-3-8-16(12)20-11-15(18)14-7-4-6-13-9-10-19-17(13)14/h2-8H,9-11H2,1H3. The van der Waals surface area contributed by atoms with Gasteiger partial charge in [-0.25, -0.2) is 0 Å². The van der Waals surface area contributed by atoms with E-state index in [1.165, 1.54) is 5.56 Å². The second kappa shape index (κ2) is 5.71. The molecule has 0 unspecified atom stereocenters. The average Bonchev–Trinajstić information content (AvgIpc) is 2.94. The molecule has 0 spiro atoms. The first-order chi connectivity index (χ1) is 9.75. The smallest absolute Gasteiger partial charge is 0.176 e. The molecule has 0 bridgehead atoms. The lowest BCUT2D eigenvalue weighted by molar-refractivity contribution is 0.101. The molecule has 2 aromatic rings. The van der Waals surface area contributed by atoms with E-state index in [1.54, 1.807) is 11.8 Å². The molecule has 3 heteroatoms. The summed E-state index contributed by atoms with van der Waals surface area (Å²) in [4.78, 5) is 13.5. The Kier molecular flexibility index (Phi) is 3.79. The van der Waals surface area contributed by atoms with Crippen LogP contribution in [0.3, 0.4) is 0 Å². The third kappa shape index (κ3) is 2.59. The first kappa shape index (κ1) is 13.3. The third-order valence-corrected chi connectivity index (χ3v) is 4.64. The molecule has 0 aromatic heterocycles. The molecular weight excluding hydrogens is 268 g/mol. The zero-order chi connectivity index (χ0) is 13.9. The molecule has 1 aliphatic rings. The fraction of sp³-hybridized carbons (Fsp3) is 0.235. The summed E-state index contributed by atoms with van der Waals surface area (Å²) in [6.45, 7) is 2.75. The minimum Gasteiger partial charge on any atom is -0.492 e. The highest BCUT2D eigenvalue weighted by molar-refractivity contribution is 8.00. The van der Waals surface area contributed by atoms with Crippen LogP contribution >= 0.6 is 11.8 Å². The van der Waals surface area contributed by atoms with Gasteiger partial charge < -0.3 is 4.74 Å². The van der Waals surface area contributed by atoms with E-state index >= 15 is 0 Å². The number of fused-ring (bicyclic) bond motifs is 1. The van der Waals surface area contributed by atoms with Gasteiger partial charge in [0.25, 0.3) is 0 Å². The SMILES string of the molecule is Cc1ccccc1SCC(=O)c1cccc2c1OCC2. The number of ether oxygens (including phenoxy) is 1. The second-order valence-electron chi connectivity index (χ2n) is 4.87. The molecule has 20 heavy (non-hydrogen) atoms. The summed E-state index contributed by atoms with van der Waals surface area (Å²) in [6, 6.07) is 14.0. The monoisotopic (exact) mass is 284 g/mol. The lowest BCUT2D eigenvalue weighted by Crippen LogP contribution is -2.04. The Morgan fingerprint density at radius 3 is 2.90 bits per heavy atom. The normalized spacial score (nSPS) is 12.8. The predicted octanol–water partition coefficient (Wildman–Crippen LogP) is 3.90. The van der Waals surface area contributed by atoms with Crippen LogP contribution in [0.25, 0.3) is 0 Å². The van der Waals surface area contributed by atoms with Crippen molar-refractivity contribution in [1.82, 2.24) is 0 Å². The number of thioether (sulfide) groups is 1. The molecule has 0 saturated carbocycles. The fourth-order valence-electron chi connectivity index (χ4n) is 2.37. The summed E-state index contributed by atoms with van der Waals surface area (Å²) in [7, 11) is 0. The quantitative estimate of drug-likeness (QED) is 0.629. The number of hydrogen-bond acceptors (Lipinski definition) is 3. The van der Waals surface area contributed by atoms with Crippen LogP contribution in [0.1, 0.15) is 21.5 Å². The number of ketones is 1. The van der Waals surface area contributed by atoms with Crippen molar-refractivity contribution in [2.75, 3.05) is 12.4 Å². The lowest BCUT2D eigenvalue weighted by atomic mass is 10.1. The summed E-state index contributed by atoms with van der Waals surface area (Å²) >= 11 is 1.59. The number of benzene rings is 2. The van der Waals surface area contributed by atoms with E-state index in [2.05, 4.69) is 19.1 Å². The molecule has 0 N–H and O–H groups in total. The van der Waals surface area contributed by atoms with Gasteiger partial charge in [-0.2, -0.15) is 0 Å². The van der Waals surface area contributed by atoms with Crippen molar-refractivity contribution >= 4 is 17.5 Å². The molecule has 2 aromatic carbocycles. The van der Waals surface area contributed by atoms with Crippen LogP contribution in [0, 0.1) is 6.92 Å². The van der Waals surface area contributed by atoms with E-state index in [-0.39, 0.29) is 5.78 Å². The number of aryl methyl sites for hydroxylation is 1. The zero-order valence-corrected chi connectivity index (χ0v) is 12.2. The summed E-state index contributed by atoms with van der Waals surface area (Å²) in [5, 5.41) is 0. The Bertz CT molecular complexity index is 649. The zero-order valence-electron chi connectivity index (χ0n) is 11.4. The molecule has 0 radical (unpaired) electrons. The van der Waals surface area contributed by atoms with Gasteiger partial charge in [-0.05, 0) is 30.2 Å². The van der Waals surface area contributed by atoms with Gasteiger partial charge in [-0.15, -0.1) is 11.8 Å². The maximum atomic E-state index is 12.4. The molecule has 1 heterocycles. The number of Topliss-reactive ketones (excluding diaryl/α,β-unsaturated/α-hetero) is 1. The Morgan fingerprint density at radius 2 is 2.05 bits per heavy atom. The maximum absolute atomic E-state index is 12.4. The van der Waals surface area contributed by atoms with Crippen molar-refractivity contribution in [3.05, 3.63) is 59.2 Å². The summed E-state index contributed by atoms with van der Waals surface area (Å²) in [6.07, 6.45) is 0.904. The van der Waals surface area contributed by atoms with E-state index in [1.807, 2.05) is 30.3 Å². The molecule has 0 fully saturated rings. The number of carbonyl (C=O) groups excluding carboxylic acids is 1. The number of carbonyl (C=O) groups is 1. The Morgan fingerprint density at radius 1 is 1.20 bits per heavy atom. The fourth-order valence-corrected chi connectivity index (χ4v) is 3.29. The van der Waals surface area contributed by atoms with Crippen LogP contribution in [0.2, 0.25) is 0 Å². The first-order valence-electron chi connectivity index (χ1n) is 6.72. The van der Waals surface area contributed by atoms with Gasteiger partial charge in [0.05, 0.1) is 17.9 Å².